The van der Waals surface area contributed by atoms with Gasteiger partial charge < -0.3 is 16.0 Å². The predicted molar refractivity (Wildman–Crippen MR) is 96.4 cm³/mol. The van der Waals surface area contributed by atoms with E-state index in [1.165, 1.54) is 12.8 Å². The van der Waals surface area contributed by atoms with E-state index in [2.05, 4.69) is 25.6 Å². The molecule has 9 heteroatoms. The largest absolute Gasteiger partial charge is 0.368 e. The van der Waals surface area contributed by atoms with E-state index in [0.29, 0.717) is 17.7 Å². The third kappa shape index (κ3) is 2.56. The van der Waals surface area contributed by atoms with Crippen molar-refractivity contribution in [2.24, 2.45) is 5.73 Å². The Labute approximate surface area is 149 Å². The summed E-state index contributed by atoms with van der Waals surface area (Å²) in [4.78, 5) is 18.3. The standard InChI is InChI=1S/C17H20N8O/c18-15(26)12-3-1-7-24(12)17-20-16(13-4-2-8-25(13)23-17)19-14-9-11(21-22-14)10-5-6-10/h2,4,8-10,12H,1,3,5-7H2,(H2,18,26)(H2,19,20,21,22,23)/t12-/m1/s1. The highest BCUT2D eigenvalue weighted by Crippen LogP contribution is 2.39. The number of hydrogen-bond donors (Lipinski definition) is 3. The van der Waals surface area contributed by atoms with Crippen molar-refractivity contribution in [3.8, 4) is 0 Å². The summed E-state index contributed by atoms with van der Waals surface area (Å²) in [5, 5.41) is 15.3. The molecule has 26 heavy (non-hydrogen) atoms. The number of aromatic amines is 1. The van der Waals surface area contributed by atoms with Crippen molar-refractivity contribution in [3.63, 3.8) is 0 Å². The van der Waals surface area contributed by atoms with Crippen LogP contribution in [0.25, 0.3) is 5.52 Å². The highest BCUT2D eigenvalue weighted by Gasteiger charge is 2.32. The Morgan fingerprint density at radius 3 is 3.04 bits per heavy atom. The number of fused-ring (bicyclic) bond motifs is 1. The van der Waals surface area contributed by atoms with Crippen LogP contribution in [0.3, 0.4) is 0 Å². The van der Waals surface area contributed by atoms with Crippen LogP contribution in [-0.2, 0) is 4.79 Å². The molecule has 0 aromatic carbocycles. The summed E-state index contributed by atoms with van der Waals surface area (Å²) >= 11 is 0. The summed E-state index contributed by atoms with van der Waals surface area (Å²) < 4.78 is 1.76. The summed E-state index contributed by atoms with van der Waals surface area (Å²) in [6.45, 7) is 0.718. The van der Waals surface area contributed by atoms with Crippen molar-refractivity contribution in [2.45, 2.75) is 37.6 Å². The fraction of sp³-hybridized carbons (Fsp3) is 0.412. The molecule has 134 valence electrons. The molecule has 1 aliphatic heterocycles. The van der Waals surface area contributed by atoms with E-state index in [4.69, 9.17) is 5.73 Å². The maximum Gasteiger partial charge on any atom is 0.246 e. The molecule has 0 spiro atoms. The first-order valence-corrected chi connectivity index (χ1v) is 8.93. The number of H-pyrrole nitrogens is 1. The lowest BCUT2D eigenvalue weighted by atomic mass is 10.2. The Kier molecular flexibility index (Phi) is 3.34. The molecule has 1 saturated carbocycles. The first kappa shape index (κ1) is 15.2. The number of aromatic nitrogens is 5. The average Bonchev–Trinajstić information content (AvgIpc) is 3.06. The van der Waals surface area contributed by atoms with Gasteiger partial charge >= 0.3 is 0 Å². The Bertz CT molecular complexity index is 972. The van der Waals surface area contributed by atoms with Gasteiger partial charge in [0.2, 0.25) is 11.9 Å². The van der Waals surface area contributed by atoms with E-state index in [0.717, 1.165) is 36.4 Å². The Morgan fingerprint density at radius 1 is 1.35 bits per heavy atom. The van der Waals surface area contributed by atoms with Gasteiger partial charge in [-0.3, -0.25) is 9.89 Å². The Morgan fingerprint density at radius 2 is 2.23 bits per heavy atom. The highest BCUT2D eigenvalue weighted by molar-refractivity contribution is 5.84. The molecule has 1 amide bonds. The number of amides is 1. The van der Waals surface area contributed by atoms with Gasteiger partial charge in [0.15, 0.2) is 5.82 Å². The normalized spacial score (nSPS) is 20.0. The van der Waals surface area contributed by atoms with Gasteiger partial charge in [0.05, 0.1) is 5.69 Å². The first-order valence-electron chi connectivity index (χ1n) is 8.93. The minimum Gasteiger partial charge on any atom is -0.368 e. The fourth-order valence-electron chi connectivity index (χ4n) is 3.56. The van der Waals surface area contributed by atoms with Crippen LogP contribution in [0.2, 0.25) is 0 Å². The molecule has 3 aromatic rings. The average molecular weight is 352 g/mol. The van der Waals surface area contributed by atoms with Crippen LogP contribution < -0.4 is 16.0 Å². The second kappa shape index (κ2) is 5.72. The second-order valence-electron chi connectivity index (χ2n) is 6.96. The van der Waals surface area contributed by atoms with E-state index in [-0.39, 0.29) is 11.9 Å². The third-order valence-corrected chi connectivity index (χ3v) is 5.06. The van der Waals surface area contributed by atoms with E-state index in [1.54, 1.807) is 4.52 Å². The summed E-state index contributed by atoms with van der Waals surface area (Å²) in [5.74, 6) is 2.21. The van der Waals surface area contributed by atoms with Crippen molar-refractivity contribution >= 4 is 29.0 Å². The molecule has 3 aromatic heterocycles. The number of anilines is 3. The van der Waals surface area contributed by atoms with Gasteiger partial charge in [-0.25, -0.2) is 4.52 Å². The lowest BCUT2D eigenvalue weighted by Crippen LogP contribution is -2.41. The molecule has 0 bridgehead atoms. The molecule has 2 aliphatic rings. The van der Waals surface area contributed by atoms with Crippen LogP contribution in [0.1, 0.15) is 37.3 Å². The minimum absolute atomic E-state index is 0.337. The van der Waals surface area contributed by atoms with E-state index in [1.807, 2.05) is 29.3 Å². The van der Waals surface area contributed by atoms with E-state index < -0.39 is 0 Å². The van der Waals surface area contributed by atoms with Gasteiger partial charge in [-0.15, -0.1) is 5.10 Å². The number of carbonyl (C=O) groups excluding carboxylic acids is 1. The predicted octanol–water partition coefficient (Wildman–Crippen LogP) is 1.53. The summed E-state index contributed by atoms with van der Waals surface area (Å²) in [6, 6.07) is 5.53. The zero-order chi connectivity index (χ0) is 17.7. The van der Waals surface area contributed by atoms with Crippen molar-refractivity contribution < 1.29 is 4.79 Å². The quantitative estimate of drug-likeness (QED) is 0.641. The SMILES string of the molecule is NC(=O)[C@H]1CCCN1c1nc(Nc2cc(C3CC3)n[nH]2)c2cccn2n1. The molecular weight excluding hydrogens is 332 g/mol. The zero-order valence-electron chi connectivity index (χ0n) is 14.2. The Hall–Kier alpha value is -3.10. The van der Waals surface area contributed by atoms with Crippen LogP contribution in [0.4, 0.5) is 17.6 Å². The molecular formula is C17H20N8O. The number of nitrogens with two attached hydrogens (primary N) is 1. The van der Waals surface area contributed by atoms with Gasteiger partial charge in [-0.1, -0.05) is 0 Å². The smallest absolute Gasteiger partial charge is 0.246 e. The lowest BCUT2D eigenvalue weighted by molar-refractivity contribution is -0.119. The summed E-state index contributed by atoms with van der Waals surface area (Å²) in [6.07, 6.45) is 5.90. The third-order valence-electron chi connectivity index (χ3n) is 5.06. The van der Waals surface area contributed by atoms with Gasteiger partial charge in [0.1, 0.15) is 17.4 Å². The molecule has 1 atom stereocenters. The second-order valence-corrected chi connectivity index (χ2v) is 6.96. The van der Waals surface area contributed by atoms with Gasteiger partial charge in [-0.2, -0.15) is 10.1 Å². The number of nitrogens with one attached hydrogen (secondary N) is 2. The van der Waals surface area contributed by atoms with Crippen molar-refractivity contribution in [2.75, 3.05) is 16.8 Å². The fourth-order valence-corrected chi connectivity index (χ4v) is 3.56. The van der Waals surface area contributed by atoms with Gasteiger partial charge in [0.25, 0.3) is 0 Å². The molecule has 4 heterocycles. The summed E-state index contributed by atoms with van der Waals surface area (Å²) in [7, 11) is 0. The zero-order valence-corrected chi connectivity index (χ0v) is 14.2. The topological polar surface area (TPSA) is 117 Å². The lowest BCUT2D eigenvalue weighted by Gasteiger charge is -2.22. The van der Waals surface area contributed by atoms with Crippen LogP contribution in [0.5, 0.6) is 0 Å². The monoisotopic (exact) mass is 352 g/mol. The number of rotatable bonds is 5. The minimum atomic E-state index is -0.357. The number of nitrogens with zero attached hydrogens (tertiary/aromatic N) is 5. The van der Waals surface area contributed by atoms with Gasteiger partial charge in [-0.05, 0) is 37.8 Å². The highest BCUT2D eigenvalue weighted by atomic mass is 16.1. The van der Waals surface area contributed by atoms with Crippen molar-refractivity contribution in [1.82, 2.24) is 24.8 Å². The van der Waals surface area contributed by atoms with E-state index in [9.17, 15) is 4.79 Å². The first-order chi connectivity index (χ1) is 12.7. The molecule has 2 fully saturated rings. The molecule has 0 radical (unpaired) electrons. The van der Waals surface area contributed by atoms with Crippen LogP contribution in [-0.4, -0.2) is 43.3 Å². The van der Waals surface area contributed by atoms with Crippen LogP contribution >= 0.6 is 0 Å². The van der Waals surface area contributed by atoms with Gasteiger partial charge in [0, 0.05) is 24.7 Å². The summed E-state index contributed by atoms with van der Waals surface area (Å²) in [5.41, 5.74) is 7.48. The Balaban J connectivity index is 1.51. The van der Waals surface area contributed by atoms with Crippen LogP contribution in [0, 0.1) is 0 Å². The molecule has 9 nitrogen and oxygen atoms in total. The number of primary amides is 1. The van der Waals surface area contributed by atoms with Crippen molar-refractivity contribution in [1.29, 1.82) is 0 Å². The molecule has 1 saturated heterocycles. The molecule has 1 aliphatic carbocycles. The van der Waals surface area contributed by atoms with Crippen LogP contribution in [0.15, 0.2) is 24.4 Å². The molecule has 0 unspecified atom stereocenters. The van der Waals surface area contributed by atoms with E-state index >= 15 is 0 Å². The molecule has 5 rings (SSSR count). The molecule has 4 N–H and O–H groups in total. The number of carbonyl (C=O) groups is 1. The number of hydrogen-bond acceptors (Lipinski definition) is 6. The maximum absolute atomic E-state index is 11.7. The maximum atomic E-state index is 11.7. The van der Waals surface area contributed by atoms with Crippen molar-refractivity contribution in [3.05, 3.63) is 30.1 Å².